The van der Waals surface area contributed by atoms with E-state index < -0.39 is 0 Å². The van der Waals surface area contributed by atoms with Gasteiger partial charge in [0.2, 0.25) is 0 Å². The molecule has 2 aliphatic rings. The van der Waals surface area contributed by atoms with Crippen molar-refractivity contribution < 1.29 is 0 Å². The Morgan fingerprint density at radius 2 is 1.88 bits per heavy atom. The molecule has 1 saturated carbocycles. The van der Waals surface area contributed by atoms with Crippen molar-refractivity contribution in [2.24, 2.45) is 5.41 Å². The first-order chi connectivity index (χ1) is 7.61. The predicted molar refractivity (Wildman–Crippen MR) is 69.7 cm³/mol. The number of hydrogen-bond acceptors (Lipinski definition) is 2. The molecule has 1 aliphatic carbocycles. The van der Waals surface area contributed by atoms with Gasteiger partial charge in [0, 0.05) is 18.6 Å². The highest BCUT2D eigenvalue weighted by Crippen LogP contribution is 2.33. The molecule has 94 valence electrons. The molecule has 0 aromatic heterocycles. The Balaban J connectivity index is 1.77. The molecule has 2 nitrogen and oxygen atoms in total. The lowest BCUT2D eigenvalue weighted by Crippen LogP contribution is -2.41. The van der Waals surface area contributed by atoms with E-state index in [1.54, 1.807) is 0 Å². The number of rotatable bonds is 3. The second-order valence-corrected chi connectivity index (χ2v) is 6.45. The highest BCUT2D eigenvalue weighted by Gasteiger charge is 2.34. The van der Waals surface area contributed by atoms with Crippen LogP contribution in [0.3, 0.4) is 0 Å². The van der Waals surface area contributed by atoms with Gasteiger partial charge in [-0.05, 0) is 50.6 Å². The molecule has 0 spiro atoms. The Kier molecular flexibility index (Phi) is 3.91. The molecule has 1 N–H and O–H groups in total. The van der Waals surface area contributed by atoms with Gasteiger partial charge in [-0.15, -0.1) is 0 Å². The molecule has 1 heterocycles. The smallest absolute Gasteiger partial charge is 0.00966 e. The monoisotopic (exact) mass is 224 g/mol. The first-order valence-corrected chi connectivity index (χ1v) is 7.08. The fourth-order valence-corrected chi connectivity index (χ4v) is 3.40. The Hall–Kier alpha value is -0.0800. The molecule has 1 aliphatic heterocycles. The van der Waals surface area contributed by atoms with Gasteiger partial charge >= 0.3 is 0 Å². The van der Waals surface area contributed by atoms with Crippen LogP contribution in [-0.2, 0) is 0 Å². The Bertz CT molecular complexity index is 217. The average molecular weight is 224 g/mol. The number of nitrogens with one attached hydrogen (secondary N) is 1. The van der Waals surface area contributed by atoms with Gasteiger partial charge in [0.05, 0.1) is 0 Å². The van der Waals surface area contributed by atoms with Crippen molar-refractivity contribution >= 4 is 0 Å². The van der Waals surface area contributed by atoms with E-state index >= 15 is 0 Å². The number of hydrogen-bond donors (Lipinski definition) is 1. The third kappa shape index (κ3) is 2.98. The first kappa shape index (κ1) is 12.4. The SMILES string of the molecule is CCNC1CCC(N2CCC(C)(C)C2)CC1. The normalized spacial score (nSPS) is 35.4. The van der Waals surface area contributed by atoms with Crippen LogP contribution in [0.1, 0.15) is 52.9 Å². The summed E-state index contributed by atoms with van der Waals surface area (Å²) in [4.78, 5) is 2.75. The maximum Gasteiger partial charge on any atom is 0.00966 e. The standard InChI is InChI=1S/C14H28N2/c1-4-15-12-5-7-13(8-6-12)16-10-9-14(2,3)11-16/h12-13,15H,4-11H2,1-3H3. The maximum absolute atomic E-state index is 3.59. The van der Waals surface area contributed by atoms with E-state index in [4.69, 9.17) is 0 Å². The molecule has 0 aromatic carbocycles. The highest BCUT2D eigenvalue weighted by atomic mass is 15.2. The fraction of sp³-hybridized carbons (Fsp3) is 1.00. The van der Waals surface area contributed by atoms with Crippen LogP contribution in [0.4, 0.5) is 0 Å². The summed E-state index contributed by atoms with van der Waals surface area (Å²) in [6.45, 7) is 10.8. The second kappa shape index (κ2) is 5.05. The second-order valence-electron chi connectivity index (χ2n) is 6.45. The van der Waals surface area contributed by atoms with Gasteiger partial charge in [-0.3, -0.25) is 4.90 Å². The topological polar surface area (TPSA) is 15.3 Å². The minimum atomic E-state index is 0.568. The van der Waals surface area contributed by atoms with E-state index in [0.717, 1.165) is 18.6 Å². The van der Waals surface area contributed by atoms with Crippen LogP contribution in [0.15, 0.2) is 0 Å². The Morgan fingerprint density at radius 1 is 1.19 bits per heavy atom. The molecule has 2 rings (SSSR count). The van der Waals surface area contributed by atoms with Gasteiger partial charge in [0.25, 0.3) is 0 Å². The molecular formula is C14H28N2. The van der Waals surface area contributed by atoms with Crippen molar-refractivity contribution in [2.45, 2.75) is 65.0 Å². The van der Waals surface area contributed by atoms with Crippen molar-refractivity contribution in [3.8, 4) is 0 Å². The van der Waals surface area contributed by atoms with Crippen molar-refractivity contribution in [3.63, 3.8) is 0 Å². The van der Waals surface area contributed by atoms with E-state index in [2.05, 4.69) is 31.0 Å². The molecule has 0 aromatic rings. The molecule has 2 fully saturated rings. The minimum absolute atomic E-state index is 0.568. The third-order valence-electron chi connectivity index (χ3n) is 4.41. The average Bonchev–Trinajstić information content (AvgIpc) is 2.61. The number of likely N-dealkylation sites (tertiary alicyclic amines) is 1. The van der Waals surface area contributed by atoms with Crippen LogP contribution < -0.4 is 5.32 Å². The number of nitrogens with zero attached hydrogens (tertiary/aromatic N) is 1. The van der Waals surface area contributed by atoms with Crippen LogP contribution in [0.5, 0.6) is 0 Å². The van der Waals surface area contributed by atoms with Crippen molar-refractivity contribution in [1.29, 1.82) is 0 Å². The minimum Gasteiger partial charge on any atom is -0.314 e. The summed E-state index contributed by atoms with van der Waals surface area (Å²) in [5, 5.41) is 3.59. The first-order valence-electron chi connectivity index (χ1n) is 7.08. The zero-order valence-electron chi connectivity index (χ0n) is 11.3. The summed E-state index contributed by atoms with van der Waals surface area (Å²) in [5.41, 5.74) is 0.568. The lowest BCUT2D eigenvalue weighted by Gasteiger charge is -2.35. The van der Waals surface area contributed by atoms with E-state index in [1.165, 1.54) is 45.2 Å². The van der Waals surface area contributed by atoms with Crippen LogP contribution >= 0.6 is 0 Å². The molecule has 0 bridgehead atoms. The highest BCUT2D eigenvalue weighted by molar-refractivity contribution is 4.89. The fourth-order valence-electron chi connectivity index (χ4n) is 3.40. The summed E-state index contributed by atoms with van der Waals surface area (Å²) in [6, 6.07) is 1.69. The Labute approximate surface area is 101 Å². The zero-order valence-corrected chi connectivity index (χ0v) is 11.3. The molecule has 0 unspecified atom stereocenters. The Morgan fingerprint density at radius 3 is 2.38 bits per heavy atom. The van der Waals surface area contributed by atoms with E-state index in [0.29, 0.717) is 5.41 Å². The summed E-state index contributed by atoms with van der Waals surface area (Å²) >= 11 is 0. The predicted octanol–water partition coefficient (Wildman–Crippen LogP) is 2.64. The summed E-state index contributed by atoms with van der Waals surface area (Å²) in [5.74, 6) is 0. The summed E-state index contributed by atoms with van der Waals surface area (Å²) in [7, 11) is 0. The quantitative estimate of drug-likeness (QED) is 0.793. The van der Waals surface area contributed by atoms with Crippen LogP contribution in [0.25, 0.3) is 0 Å². The van der Waals surface area contributed by atoms with Gasteiger partial charge in [-0.1, -0.05) is 20.8 Å². The van der Waals surface area contributed by atoms with Crippen LogP contribution in [0.2, 0.25) is 0 Å². The van der Waals surface area contributed by atoms with Crippen LogP contribution in [-0.4, -0.2) is 36.6 Å². The molecule has 1 saturated heterocycles. The molecule has 0 atom stereocenters. The van der Waals surface area contributed by atoms with E-state index in [-0.39, 0.29) is 0 Å². The van der Waals surface area contributed by atoms with Crippen molar-refractivity contribution in [2.75, 3.05) is 19.6 Å². The zero-order chi connectivity index (χ0) is 11.6. The van der Waals surface area contributed by atoms with Gasteiger partial charge in [-0.25, -0.2) is 0 Å². The maximum atomic E-state index is 3.59. The largest absolute Gasteiger partial charge is 0.314 e. The molecular weight excluding hydrogens is 196 g/mol. The molecule has 0 amide bonds. The van der Waals surface area contributed by atoms with Gasteiger partial charge in [0.1, 0.15) is 0 Å². The van der Waals surface area contributed by atoms with Gasteiger partial charge < -0.3 is 5.32 Å². The third-order valence-corrected chi connectivity index (χ3v) is 4.41. The van der Waals surface area contributed by atoms with Crippen molar-refractivity contribution in [1.82, 2.24) is 10.2 Å². The molecule has 2 heteroatoms. The van der Waals surface area contributed by atoms with E-state index in [1.807, 2.05) is 0 Å². The molecule has 16 heavy (non-hydrogen) atoms. The summed E-state index contributed by atoms with van der Waals surface area (Å²) < 4.78 is 0. The van der Waals surface area contributed by atoms with Gasteiger partial charge in [-0.2, -0.15) is 0 Å². The lowest BCUT2D eigenvalue weighted by atomic mass is 9.89. The molecule has 0 radical (unpaired) electrons. The van der Waals surface area contributed by atoms with E-state index in [9.17, 15) is 0 Å². The lowest BCUT2D eigenvalue weighted by molar-refractivity contribution is 0.160. The van der Waals surface area contributed by atoms with Crippen LogP contribution in [0, 0.1) is 5.41 Å². The van der Waals surface area contributed by atoms with Gasteiger partial charge in [0.15, 0.2) is 0 Å². The van der Waals surface area contributed by atoms with Crippen molar-refractivity contribution in [3.05, 3.63) is 0 Å². The summed E-state index contributed by atoms with van der Waals surface area (Å²) in [6.07, 6.45) is 6.98.